The molecule has 6 aromatic rings. The van der Waals surface area contributed by atoms with Crippen LogP contribution in [0.2, 0.25) is 0 Å². The number of hydrogen-bond acceptors (Lipinski definition) is 5. The molecule has 5 aromatic heterocycles. The molecule has 0 aliphatic rings. The van der Waals surface area contributed by atoms with Crippen LogP contribution < -0.4 is 0 Å². The first-order valence-corrected chi connectivity index (χ1v) is 12.3. The minimum Gasteiger partial charge on any atom is -0.360 e. The van der Waals surface area contributed by atoms with E-state index >= 15 is 0 Å². The van der Waals surface area contributed by atoms with Crippen molar-refractivity contribution in [1.82, 2.24) is 35.3 Å². The van der Waals surface area contributed by atoms with Crippen LogP contribution in [0, 0.1) is 17.8 Å². The van der Waals surface area contributed by atoms with E-state index in [0.717, 1.165) is 18.2 Å². The zero-order chi connectivity index (χ0) is 31.7. The number of nitrogens with one attached hydrogen (secondary N) is 2. The molecule has 232 valence electrons. The maximum absolute atomic E-state index is 13.2. The second kappa shape index (κ2) is 15.3. The van der Waals surface area contributed by atoms with E-state index in [2.05, 4.69) is 31.3 Å². The first-order chi connectivity index (χ1) is 20.9. The Bertz CT molecular complexity index is 1670. The van der Waals surface area contributed by atoms with Crippen molar-refractivity contribution in [3.05, 3.63) is 127 Å². The van der Waals surface area contributed by atoms with Gasteiger partial charge in [0, 0.05) is 18.5 Å². The summed E-state index contributed by atoms with van der Waals surface area (Å²) in [6.45, 7) is 0. The summed E-state index contributed by atoms with van der Waals surface area (Å²) in [6.07, 6.45) is -1.63. The summed E-state index contributed by atoms with van der Waals surface area (Å²) in [4.78, 5) is 11.5. The van der Waals surface area contributed by atoms with Crippen LogP contribution in [0.1, 0.15) is 11.4 Å². The van der Waals surface area contributed by atoms with Crippen LogP contribution in [0.4, 0.5) is 35.1 Å². The molecule has 0 aliphatic heterocycles. The molecule has 0 amide bonds. The van der Waals surface area contributed by atoms with Gasteiger partial charge in [0.05, 0.1) is 17.2 Å². The minimum absolute atomic E-state index is 0. The molecule has 0 radical (unpaired) electrons. The summed E-state index contributed by atoms with van der Waals surface area (Å²) in [5, 5.41) is 10.9. The fourth-order valence-electron chi connectivity index (χ4n) is 3.41. The van der Waals surface area contributed by atoms with E-state index < -0.39 is 35.4 Å². The van der Waals surface area contributed by atoms with Gasteiger partial charge in [-0.25, -0.2) is 8.78 Å². The molecule has 45 heavy (non-hydrogen) atoms. The van der Waals surface area contributed by atoms with Gasteiger partial charge in [0.2, 0.25) is 0 Å². The fraction of sp³-hybridized carbons (Fsp3) is 0.0690. The van der Waals surface area contributed by atoms with E-state index in [0.29, 0.717) is 22.5 Å². The van der Waals surface area contributed by atoms with Crippen LogP contribution in [0.3, 0.4) is 0 Å². The van der Waals surface area contributed by atoms with Crippen molar-refractivity contribution in [2.45, 2.75) is 12.4 Å². The van der Waals surface area contributed by atoms with Crippen molar-refractivity contribution in [2.75, 3.05) is 0 Å². The van der Waals surface area contributed by atoms with Crippen molar-refractivity contribution < 1.29 is 55.2 Å². The Morgan fingerprint density at radius 3 is 1.49 bits per heavy atom. The topological polar surface area (TPSA) is 96.0 Å². The Kier molecular flexibility index (Phi) is 11.8. The SMILES string of the molecule is FC(F)(F)c1cc(-c2ccccn2)n[nH]1.FC(F)(F)c1cc(-c2ccccn2)n[nH]1.Fc1ccc(-c2[c-]nccc2)c(F)c1.[Ir+3]. The van der Waals surface area contributed by atoms with Crippen LogP contribution in [0.5, 0.6) is 0 Å². The molecule has 0 aliphatic carbocycles. The summed E-state index contributed by atoms with van der Waals surface area (Å²) in [6, 6.07) is 18.6. The normalized spacial score (nSPS) is 10.9. The Labute approximate surface area is 263 Å². The Morgan fingerprint density at radius 1 is 0.578 bits per heavy atom. The monoisotopic (exact) mass is 809 g/mol. The van der Waals surface area contributed by atoms with Crippen molar-refractivity contribution in [2.24, 2.45) is 0 Å². The van der Waals surface area contributed by atoms with Gasteiger partial charge in [-0.1, -0.05) is 30.0 Å². The summed E-state index contributed by atoms with van der Waals surface area (Å²) in [5.41, 5.74) is 0.259. The number of halogens is 8. The maximum Gasteiger partial charge on any atom is 3.00 e. The molecule has 0 fully saturated rings. The van der Waals surface area contributed by atoms with Gasteiger partial charge in [0.1, 0.15) is 28.6 Å². The van der Waals surface area contributed by atoms with Gasteiger partial charge < -0.3 is 4.98 Å². The first kappa shape index (κ1) is 34.7. The number of pyridine rings is 3. The van der Waals surface area contributed by atoms with E-state index in [-0.39, 0.29) is 31.5 Å². The van der Waals surface area contributed by atoms with Gasteiger partial charge in [-0.05, 0) is 48.7 Å². The first-order valence-electron chi connectivity index (χ1n) is 12.3. The molecule has 0 unspecified atom stereocenters. The standard InChI is InChI=1S/C11H6F2N.2C9H6F3N3.Ir/c12-9-3-4-10(11(13)6-9)8-2-1-5-14-7-8;2*10-9(11,12)8-5-7(14-15-8)6-3-1-2-4-13-6;/h1-6H;2*1-5H,(H,14,15);/q-1;;;+3. The van der Waals surface area contributed by atoms with Gasteiger partial charge >= 0.3 is 32.5 Å². The number of aromatic amines is 2. The molecule has 1 aromatic carbocycles. The average molecular weight is 809 g/mol. The van der Waals surface area contributed by atoms with Gasteiger partial charge in [-0.3, -0.25) is 20.2 Å². The number of nitrogens with zero attached hydrogens (tertiary/aromatic N) is 5. The van der Waals surface area contributed by atoms with Crippen LogP contribution >= 0.6 is 0 Å². The zero-order valence-electron chi connectivity index (χ0n) is 22.3. The van der Waals surface area contributed by atoms with E-state index in [4.69, 9.17) is 0 Å². The molecular formula is C29H18F8IrN7+2. The summed E-state index contributed by atoms with van der Waals surface area (Å²) >= 11 is 0. The smallest absolute Gasteiger partial charge is 0.360 e. The molecule has 0 bridgehead atoms. The Balaban J connectivity index is 0.000000182. The second-order valence-corrected chi connectivity index (χ2v) is 8.55. The van der Waals surface area contributed by atoms with E-state index in [9.17, 15) is 35.1 Å². The van der Waals surface area contributed by atoms with E-state index in [1.54, 1.807) is 54.7 Å². The molecule has 5 heterocycles. The van der Waals surface area contributed by atoms with Crippen molar-refractivity contribution >= 4 is 0 Å². The van der Waals surface area contributed by atoms with Gasteiger partial charge in [-0.2, -0.15) is 36.5 Å². The van der Waals surface area contributed by atoms with Crippen LogP contribution in [-0.4, -0.2) is 35.3 Å². The molecule has 16 heteroatoms. The van der Waals surface area contributed by atoms with Crippen molar-refractivity contribution in [1.29, 1.82) is 0 Å². The summed E-state index contributed by atoms with van der Waals surface area (Å²) < 4.78 is 99.2. The van der Waals surface area contributed by atoms with Gasteiger partial charge in [0.25, 0.3) is 0 Å². The number of alkyl halides is 6. The number of rotatable bonds is 3. The minimum atomic E-state index is -4.40. The molecule has 7 nitrogen and oxygen atoms in total. The second-order valence-electron chi connectivity index (χ2n) is 8.55. The predicted molar refractivity (Wildman–Crippen MR) is 142 cm³/mol. The van der Waals surface area contributed by atoms with E-state index in [1.807, 2.05) is 10.2 Å². The third-order valence-corrected chi connectivity index (χ3v) is 5.45. The predicted octanol–water partition coefficient (Wildman–Crippen LogP) is 7.81. The molecule has 0 saturated heterocycles. The Morgan fingerprint density at radius 2 is 1.11 bits per heavy atom. The molecule has 0 saturated carbocycles. The van der Waals surface area contributed by atoms with E-state index in [1.165, 1.54) is 24.5 Å². The Hall–Kier alpha value is -4.82. The zero-order valence-corrected chi connectivity index (χ0v) is 24.7. The van der Waals surface area contributed by atoms with Gasteiger partial charge in [0.15, 0.2) is 0 Å². The van der Waals surface area contributed by atoms with Crippen molar-refractivity contribution in [3.63, 3.8) is 0 Å². The number of hydrogen-bond donors (Lipinski definition) is 2. The average Bonchev–Trinajstić information content (AvgIpc) is 3.71. The molecule has 6 rings (SSSR count). The summed E-state index contributed by atoms with van der Waals surface area (Å²) in [7, 11) is 0. The quantitative estimate of drug-likeness (QED) is 0.141. The molecule has 0 spiro atoms. The number of H-pyrrole nitrogens is 2. The number of aromatic nitrogens is 7. The van der Waals surface area contributed by atoms with Gasteiger partial charge in [-0.15, -0.1) is 17.7 Å². The largest absolute Gasteiger partial charge is 3.00 e. The maximum atomic E-state index is 13.2. The molecule has 0 atom stereocenters. The third-order valence-electron chi connectivity index (χ3n) is 5.45. The number of benzene rings is 1. The third kappa shape index (κ3) is 9.84. The van der Waals surface area contributed by atoms with Crippen molar-refractivity contribution in [3.8, 4) is 33.9 Å². The fourth-order valence-corrected chi connectivity index (χ4v) is 3.41. The van der Waals surface area contributed by atoms with Crippen LogP contribution in [0.15, 0.2) is 97.5 Å². The molecular weight excluding hydrogens is 791 g/mol. The van der Waals surface area contributed by atoms with Crippen LogP contribution in [0.25, 0.3) is 33.9 Å². The molecule has 2 N–H and O–H groups in total. The van der Waals surface area contributed by atoms with Crippen LogP contribution in [-0.2, 0) is 32.5 Å². The summed E-state index contributed by atoms with van der Waals surface area (Å²) in [5.74, 6) is -1.19.